The van der Waals surface area contributed by atoms with Crippen molar-refractivity contribution in [3.63, 3.8) is 0 Å². The molecule has 0 unspecified atom stereocenters. The molecule has 0 spiro atoms. The van der Waals surface area contributed by atoms with Crippen LogP contribution in [0.2, 0.25) is 0 Å². The van der Waals surface area contributed by atoms with Crippen molar-refractivity contribution in [1.82, 2.24) is 19.6 Å². The number of hydrogen-bond donors (Lipinski definition) is 0. The molecule has 1 saturated carbocycles. The van der Waals surface area contributed by atoms with Crippen LogP contribution in [0.25, 0.3) is 0 Å². The van der Waals surface area contributed by atoms with E-state index in [-0.39, 0.29) is 11.7 Å². The lowest BCUT2D eigenvalue weighted by atomic mass is 9.76. The monoisotopic (exact) mass is 546 g/mol. The van der Waals surface area contributed by atoms with E-state index in [2.05, 4.69) is 40.8 Å². The van der Waals surface area contributed by atoms with Gasteiger partial charge in [0.1, 0.15) is 0 Å². The third-order valence-electron chi connectivity index (χ3n) is 9.82. The Labute approximate surface area is 236 Å². The normalized spacial score (nSPS) is 25.8. The molecule has 2 fully saturated rings. The zero-order valence-electron chi connectivity index (χ0n) is 23.9. The van der Waals surface area contributed by atoms with Crippen LogP contribution in [0.5, 0.6) is 0 Å². The first-order valence-corrected chi connectivity index (χ1v) is 15.7. The molecule has 6 rings (SSSR count). The zero-order chi connectivity index (χ0) is 27.3. The molecule has 7 heteroatoms. The van der Waals surface area contributed by atoms with Gasteiger partial charge in [-0.3, -0.25) is 19.2 Å². The molecule has 0 N–H and O–H groups in total. The number of allylic oxidation sites excluding steroid dienone is 3. The van der Waals surface area contributed by atoms with Crippen LogP contribution in [0.3, 0.4) is 0 Å². The number of ketones is 1. The molecule has 1 saturated heterocycles. The fourth-order valence-corrected chi connectivity index (χ4v) is 8.93. The van der Waals surface area contributed by atoms with Gasteiger partial charge in [0, 0.05) is 66.4 Å². The standard InChI is InChI=1S/C32H42N4O2S/c1-20-15-21(2)27(28(37)16-20)19-34-13-5-7-29-30(32(34)38)23(4)31(39-29)22(3)24-8-10-25(11-9-24)35-17-26(18-35)36-14-6-12-33-36/h6,12,14-15,22,24-26H,5,7-11,13,16-19H2,1-4H3/t22-,24?,25?/m1/s1. The van der Waals surface area contributed by atoms with Crippen LogP contribution in [0, 0.1) is 12.8 Å². The van der Waals surface area contributed by atoms with Crippen molar-refractivity contribution in [1.29, 1.82) is 0 Å². The smallest absolute Gasteiger partial charge is 0.255 e. The molecule has 6 nitrogen and oxygen atoms in total. The van der Waals surface area contributed by atoms with Crippen molar-refractivity contribution in [2.75, 3.05) is 26.2 Å². The fourth-order valence-electron chi connectivity index (χ4n) is 7.45. The van der Waals surface area contributed by atoms with Crippen molar-refractivity contribution >= 4 is 23.0 Å². The molecule has 0 aromatic carbocycles. The molecule has 1 amide bonds. The third kappa shape index (κ3) is 5.08. The van der Waals surface area contributed by atoms with Crippen molar-refractivity contribution in [3.8, 4) is 0 Å². The van der Waals surface area contributed by atoms with Gasteiger partial charge in [0.05, 0.1) is 11.6 Å². The maximum Gasteiger partial charge on any atom is 0.255 e. The molecule has 2 aliphatic heterocycles. The summed E-state index contributed by atoms with van der Waals surface area (Å²) in [5.74, 6) is 1.46. The van der Waals surface area contributed by atoms with Gasteiger partial charge < -0.3 is 4.90 Å². The Bertz CT molecular complexity index is 1310. The van der Waals surface area contributed by atoms with Crippen LogP contribution in [-0.4, -0.2) is 63.5 Å². The van der Waals surface area contributed by atoms with Gasteiger partial charge in [-0.15, -0.1) is 11.3 Å². The summed E-state index contributed by atoms with van der Waals surface area (Å²) in [6, 6.07) is 3.26. The van der Waals surface area contributed by atoms with E-state index in [9.17, 15) is 9.59 Å². The molecule has 0 bridgehead atoms. The highest BCUT2D eigenvalue weighted by Crippen LogP contribution is 2.44. The first kappa shape index (κ1) is 26.7. The van der Waals surface area contributed by atoms with Crippen LogP contribution >= 0.6 is 11.3 Å². The summed E-state index contributed by atoms with van der Waals surface area (Å²) in [7, 11) is 0. The number of carbonyl (C=O) groups is 2. The number of Topliss-reactive ketones (excluding diaryl/α,β-unsaturated/α-hetero) is 1. The van der Waals surface area contributed by atoms with Gasteiger partial charge in [-0.1, -0.05) is 18.6 Å². The number of thiophene rings is 1. The SMILES string of the molecule is CC1=CC(C)=C(CN2CCCc3sc([C@H](C)C4CCC(N5CC(n6cccn6)C5)CC4)c(C)c3C2=O)C(=O)C1. The summed E-state index contributed by atoms with van der Waals surface area (Å²) in [4.78, 5) is 33.9. The highest BCUT2D eigenvalue weighted by atomic mass is 32.1. The number of hydrogen-bond acceptors (Lipinski definition) is 5. The van der Waals surface area contributed by atoms with Crippen LogP contribution in [0.15, 0.2) is 41.3 Å². The molecule has 4 heterocycles. The van der Waals surface area contributed by atoms with E-state index < -0.39 is 0 Å². The Morgan fingerprint density at radius 1 is 1.08 bits per heavy atom. The molecular formula is C32H42N4O2S. The van der Waals surface area contributed by atoms with Gasteiger partial charge in [-0.2, -0.15) is 5.10 Å². The summed E-state index contributed by atoms with van der Waals surface area (Å²) >= 11 is 1.90. The van der Waals surface area contributed by atoms with E-state index in [0.717, 1.165) is 54.8 Å². The molecule has 39 heavy (non-hydrogen) atoms. The average Bonchev–Trinajstić information content (AvgIpc) is 3.48. The van der Waals surface area contributed by atoms with E-state index in [1.54, 1.807) is 0 Å². The predicted octanol–water partition coefficient (Wildman–Crippen LogP) is 6.10. The first-order chi connectivity index (χ1) is 18.8. The Morgan fingerprint density at radius 2 is 1.85 bits per heavy atom. The van der Waals surface area contributed by atoms with Crippen molar-refractivity contribution in [2.45, 2.75) is 90.6 Å². The molecule has 2 aromatic rings. The van der Waals surface area contributed by atoms with Crippen LogP contribution < -0.4 is 0 Å². The van der Waals surface area contributed by atoms with Crippen molar-refractivity contribution in [3.05, 3.63) is 62.1 Å². The molecule has 1 atom stereocenters. The van der Waals surface area contributed by atoms with E-state index in [4.69, 9.17) is 0 Å². The quantitative estimate of drug-likeness (QED) is 0.440. The summed E-state index contributed by atoms with van der Waals surface area (Å²) < 4.78 is 2.11. The van der Waals surface area contributed by atoms with Gasteiger partial charge in [-0.05, 0) is 88.3 Å². The van der Waals surface area contributed by atoms with Crippen molar-refractivity contribution < 1.29 is 9.59 Å². The largest absolute Gasteiger partial charge is 0.334 e. The summed E-state index contributed by atoms with van der Waals surface area (Å²) in [5.41, 5.74) is 5.07. The highest BCUT2D eigenvalue weighted by molar-refractivity contribution is 7.12. The summed E-state index contributed by atoms with van der Waals surface area (Å²) in [6.07, 6.45) is 13.5. The van der Waals surface area contributed by atoms with Crippen LogP contribution in [0.1, 0.15) is 96.9 Å². The third-order valence-corrected chi connectivity index (χ3v) is 11.4. The highest BCUT2D eigenvalue weighted by Gasteiger charge is 2.38. The van der Waals surface area contributed by atoms with Gasteiger partial charge in [0.25, 0.3) is 5.91 Å². The second kappa shape index (κ2) is 10.8. The molecule has 2 aromatic heterocycles. The topological polar surface area (TPSA) is 58.4 Å². The number of fused-ring (bicyclic) bond motifs is 1. The maximum absolute atomic E-state index is 13.9. The molecule has 2 aliphatic carbocycles. The second-order valence-corrected chi connectivity index (χ2v) is 13.6. The predicted molar refractivity (Wildman–Crippen MR) is 156 cm³/mol. The zero-order valence-corrected chi connectivity index (χ0v) is 24.7. The fraction of sp³-hybridized carbons (Fsp3) is 0.594. The molecule has 0 radical (unpaired) electrons. The minimum atomic E-state index is 0.127. The maximum atomic E-state index is 13.9. The lowest BCUT2D eigenvalue weighted by molar-refractivity contribution is -0.115. The summed E-state index contributed by atoms with van der Waals surface area (Å²) in [5, 5.41) is 4.42. The number of rotatable bonds is 6. The second-order valence-electron chi connectivity index (χ2n) is 12.4. The molecule has 4 aliphatic rings. The Hall–Kier alpha value is -2.51. The van der Waals surface area contributed by atoms with Gasteiger partial charge in [0.15, 0.2) is 5.78 Å². The average molecular weight is 547 g/mol. The number of aromatic nitrogens is 2. The van der Waals surface area contributed by atoms with E-state index in [0.29, 0.717) is 36.9 Å². The van der Waals surface area contributed by atoms with Crippen LogP contribution in [-0.2, 0) is 11.2 Å². The number of nitrogens with zero attached hydrogens (tertiary/aromatic N) is 4. The van der Waals surface area contributed by atoms with Gasteiger partial charge >= 0.3 is 0 Å². The number of likely N-dealkylation sites (tertiary alicyclic amines) is 1. The Kier molecular flexibility index (Phi) is 7.40. The summed E-state index contributed by atoms with van der Waals surface area (Å²) in [6.45, 7) is 12.0. The lowest BCUT2D eigenvalue weighted by Crippen LogP contribution is -2.53. The lowest BCUT2D eigenvalue weighted by Gasteiger charge is -2.47. The Balaban J connectivity index is 1.11. The number of carbonyl (C=O) groups excluding carboxylic acids is 2. The first-order valence-electron chi connectivity index (χ1n) is 14.8. The Morgan fingerprint density at radius 3 is 2.54 bits per heavy atom. The van der Waals surface area contributed by atoms with E-state index in [1.807, 2.05) is 42.3 Å². The number of amides is 1. The number of aryl methyl sites for hydroxylation is 1. The molecular weight excluding hydrogens is 504 g/mol. The van der Waals surface area contributed by atoms with Crippen LogP contribution in [0.4, 0.5) is 0 Å². The molecule has 208 valence electrons. The minimum absolute atomic E-state index is 0.127. The minimum Gasteiger partial charge on any atom is -0.334 e. The van der Waals surface area contributed by atoms with Gasteiger partial charge in [-0.25, -0.2) is 0 Å². The van der Waals surface area contributed by atoms with E-state index >= 15 is 0 Å². The van der Waals surface area contributed by atoms with Crippen molar-refractivity contribution in [2.24, 2.45) is 5.92 Å². The van der Waals surface area contributed by atoms with E-state index in [1.165, 1.54) is 41.0 Å². The van der Waals surface area contributed by atoms with Gasteiger partial charge in [0.2, 0.25) is 0 Å².